The molecule has 0 N–H and O–H groups in total. The van der Waals surface area contributed by atoms with Gasteiger partial charge in [0.05, 0.1) is 7.11 Å². The number of esters is 1. The van der Waals surface area contributed by atoms with E-state index in [0.717, 1.165) is 12.8 Å². The average molecular weight is 211 g/mol. The number of aliphatic imine (C=N–C) groups is 1. The molecule has 15 heavy (non-hydrogen) atoms. The highest BCUT2D eigenvalue weighted by Gasteiger charge is 2.60. The maximum atomic E-state index is 11.5. The molecule has 1 heterocycles. The van der Waals surface area contributed by atoms with Gasteiger partial charge in [-0.1, -0.05) is 20.8 Å². The quantitative estimate of drug-likeness (QED) is 0.618. The molecule has 84 valence electrons. The molecule has 0 bridgehead atoms. The van der Waals surface area contributed by atoms with Crippen LogP contribution in [0.5, 0.6) is 0 Å². The summed E-state index contributed by atoms with van der Waals surface area (Å²) in [4.78, 5) is 16.1. The molecule has 1 saturated carbocycles. The first-order valence-corrected chi connectivity index (χ1v) is 5.24. The molecule has 2 rings (SSSR count). The van der Waals surface area contributed by atoms with E-state index in [-0.39, 0.29) is 16.9 Å². The summed E-state index contributed by atoms with van der Waals surface area (Å²) in [7, 11) is 1.39. The van der Waals surface area contributed by atoms with E-state index >= 15 is 0 Å². The maximum absolute atomic E-state index is 11.5. The number of ether oxygens (including phenoxy) is 2. The van der Waals surface area contributed by atoms with Gasteiger partial charge in [-0.2, -0.15) is 0 Å². The van der Waals surface area contributed by atoms with E-state index < -0.39 is 6.10 Å². The summed E-state index contributed by atoms with van der Waals surface area (Å²) in [5, 5.41) is 0. The van der Waals surface area contributed by atoms with Crippen LogP contribution in [0.4, 0.5) is 0 Å². The number of hydrogen-bond acceptors (Lipinski definition) is 4. The first-order chi connectivity index (χ1) is 6.89. The molecule has 0 aromatic carbocycles. The molecule has 1 unspecified atom stereocenters. The van der Waals surface area contributed by atoms with Crippen LogP contribution in [0.1, 0.15) is 33.6 Å². The predicted molar refractivity (Wildman–Crippen MR) is 55.7 cm³/mol. The Morgan fingerprint density at radius 2 is 2.13 bits per heavy atom. The van der Waals surface area contributed by atoms with Crippen LogP contribution in [0.3, 0.4) is 0 Å². The van der Waals surface area contributed by atoms with Gasteiger partial charge in [0, 0.05) is 5.41 Å². The Morgan fingerprint density at radius 3 is 2.53 bits per heavy atom. The number of rotatable bonds is 1. The van der Waals surface area contributed by atoms with Crippen LogP contribution >= 0.6 is 0 Å². The highest BCUT2D eigenvalue weighted by atomic mass is 16.6. The van der Waals surface area contributed by atoms with Gasteiger partial charge in [0.2, 0.25) is 6.10 Å². The van der Waals surface area contributed by atoms with Gasteiger partial charge < -0.3 is 9.47 Å². The lowest BCUT2D eigenvalue weighted by Gasteiger charge is -2.19. The molecule has 0 aromatic heterocycles. The van der Waals surface area contributed by atoms with E-state index in [0.29, 0.717) is 5.90 Å². The van der Waals surface area contributed by atoms with Crippen molar-refractivity contribution < 1.29 is 14.3 Å². The van der Waals surface area contributed by atoms with Crippen molar-refractivity contribution in [2.24, 2.45) is 10.4 Å². The third-order valence-corrected chi connectivity index (χ3v) is 2.86. The van der Waals surface area contributed by atoms with Gasteiger partial charge in [0.25, 0.3) is 0 Å². The van der Waals surface area contributed by atoms with Crippen LogP contribution in [-0.2, 0) is 14.3 Å². The van der Waals surface area contributed by atoms with E-state index in [9.17, 15) is 4.79 Å². The molecule has 0 aromatic rings. The predicted octanol–water partition coefficient (Wildman–Crippen LogP) is 1.54. The molecule has 2 aliphatic rings. The molecule has 1 fully saturated rings. The van der Waals surface area contributed by atoms with Crippen molar-refractivity contribution in [3.8, 4) is 0 Å². The van der Waals surface area contributed by atoms with Crippen LogP contribution < -0.4 is 0 Å². The molecule has 4 heteroatoms. The first-order valence-electron chi connectivity index (χ1n) is 5.24. The van der Waals surface area contributed by atoms with Gasteiger partial charge in [-0.3, -0.25) is 0 Å². The van der Waals surface area contributed by atoms with Crippen LogP contribution in [-0.4, -0.2) is 30.6 Å². The van der Waals surface area contributed by atoms with E-state index in [1.165, 1.54) is 7.11 Å². The fourth-order valence-electron chi connectivity index (χ4n) is 1.73. The minimum absolute atomic E-state index is 0.141. The van der Waals surface area contributed by atoms with Crippen molar-refractivity contribution in [3.05, 3.63) is 0 Å². The van der Waals surface area contributed by atoms with Gasteiger partial charge in [-0.05, 0) is 12.8 Å². The Hall–Kier alpha value is -1.06. The zero-order valence-electron chi connectivity index (χ0n) is 9.66. The Labute approximate surface area is 89.7 Å². The Morgan fingerprint density at radius 1 is 1.53 bits per heavy atom. The fourth-order valence-corrected chi connectivity index (χ4v) is 1.73. The van der Waals surface area contributed by atoms with Gasteiger partial charge in [-0.25, -0.2) is 9.79 Å². The number of carbonyl (C=O) groups excluding carboxylic acids is 1. The lowest BCUT2D eigenvalue weighted by atomic mass is 9.97. The van der Waals surface area contributed by atoms with Crippen molar-refractivity contribution in [3.63, 3.8) is 0 Å². The second kappa shape index (κ2) is 2.97. The zero-order valence-corrected chi connectivity index (χ0v) is 9.66. The number of carbonyl (C=O) groups is 1. The van der Waals surface area contributed by atoms with Gasteiger partial charge in [-0.15, -0.1) is 0 Å². The molecule has 1 aliphatic carbocycles. The van der Waals surface area contributed by atoms with Crippen LogP contribution in [0, 0.1) is 5.41 Å². The SMILES string of the molecule is COC(=O)C1OC(C(C)(C)C)=NC12CC2. The third-order valence-electron chi connectivity index (χ3n) is 2.86. The lowest BCUT2D eigenvalue weighted by Crippen LogP contribution is -2.35. The molecule has 4 nitrogen and oxygen atoms in total. The maximum Gasteiger partial charge on any atom is 0.349 e. The normalized spacial score (nSPS) is 27.2. The monoisotopic (exact) mass is 211 g/mol. The minimum Gasteiger partial charge on any atom is -0.466 e. The van der Waals surface area contributed by atoms with Crippen LogP contribution in [0.25, 0.3) is 0 Å². The van der Waals surface area contributed by atoms with E-state index in [4.69, 9.17) is 9.47 Å². The zero-order chi connectivity index (χ0) is 11.3. The molecule has 1 spiro atoms. The molecule has 0 amide bonds. The summed E-state index contributed by atoms with van der Waals surface area (Å²) in [5.41, 5.74) is -0.436. The van der Waals surface area contributed by atoms with Crippen molar-refractivity contribution in [2.45, 2.75) is 45.3 Å². The summed E-state index contributed by atoms with van der Waals surface area (Å²) in [6.07, 6.45) is 1.33. The number of nitrogens with zero attached hydrogens (tertiary/aromatic N) is 1. The van der Waals surface area contributed by atoms with Crippen molar-refractivity contribution in [1.29, 1.82) is 0 Å². The van der Waals surface area contributed by atoms with E-state index in [2.05, 4.69) is 4.99 Å². The summed E-state index contributed by atoms with van der Waals surface area (Å²) in [5.74, 6) is 0.367. The standard InChI is InChI=1S/C11H17NO3/c1-10(2,3)9-12-11(5-6-11)7(15-9)8(13)14-4/h7H,5-6H2,1-4H3. The van der Waals surface area contributed by atoms with Crippen LogP contribution in [0.2, 0.25) is 0 Å². The van der Waals surface area contributed by atoms with Gasteiger partial charge >= 0.3 is 5.97 Å². The smallest absolute Gasteiger partial charge is 0.349 e. The molecule has 1 aliphatic heterocycles. The van der Waals surface area contributed by atoms with Crippen molar-refractivity contribution >= 4 is 11.9 Å². The fraction of sp³-hybridized carbons (Fsp3) is 0.818. The lowest BCUT2D eigenvalue weighted by molar-refractivity contribution is -0.150. The Kier molecular flexibility index (Phi) is 2.07. The summed E-state index contributed by atoms with van der Waals surface area (Å²) in [6.45, 7) is 6.09. The van der Waals surface area contributed by atoms with Gasteiger partial charge in [0.1, 0.15) is 5.54 Å². The first kappa shape index (κ1) is 10.5. The molecular weight excluding hydrogens is 194 g/mol. The Bertz CT molecular complexity index is 323. The second-order valence-corrected chi connectivity index (χ2v) is 5.29. The topological polar surface area (TPSA) is 47.9 Å². The minimum atomic E-state index is -0.517. The summed E-state index contributed by atoms with van der Waals surface area (Å²) >= 11 is 0. The third kappa shape index (κ3) is 1.62. The molecule has 0 saturated heterocycles. The molecular formula is C11H17NO3. The van der Waals surface area contributed by atoms with E-state index in [1.54, 1.807) is 0 Å². The average Bonchev–Trinajstić information content (AvgIpc) is 2.76. The second-order valence-electron chi connectivity index (χ2n) is 5.29. The summed E-state index contributed by atoms with van der Waals surface area (Å²) in [6, 6.07) is 0. The van der Waals surface area contributed by atoms with Crippen molar-refractivity contribution in [1.82, 2.24) is 0 Å². The highest BCUT2D eigenvalue weighted by molar-refractivity contribution is 5.90. The molecule has 0 radical (unpaired) electrons. The molecule has 1 atom stereocenters. The largest absolute Gasteiger partial charge is 0.466 e. The van der Waals surface area contributed by atoms with Crippen molar-refractivity contribution in [2.75, 3.05) is 7.11 Å². The van der Waals surface area contributed by atoms with E-state index in [1.807, 2.05) is 20.8 Å². The number of methoxy groups -OCH3 is 1. The van der Waals surface area contributed by atoms with Gasteiger partial charge in [0.15, 0.2) is 5.90 Å². The Balaban J connectivity index is 2.20. The van der Waals surface area contributed by atoms with Crippen LogP contribution in [0.15, 0.2) is 4.99 Å². The highest BCUT2D eigenvalue weighted by Crippen LogP contribution is 2.49. The number of hydrogen-bond donors (Lipinski definition) is 0. The summed E-state index contributed by atoms with van der Waals surface area (Å²) < 4.78 is 10.4.